The van der Waals surface area contributed by atoms with Gasteiger partial charge in [-0.25, -0.2) is 0 Å². The maximum atomic E-state index is 8.56. The van der Waals surface area contributed by atoms with E-state index in [9.17, 15) is 0 Å². The summed E-state index contributed by atoms with van der Waals surface area (Å²) in [5, 5.41) is 20.6. The molecule has 0 fully saturated rings. The molecule has 0 aliphatic carbocycles. The Morgan fingerprint density at radius 3 is 1.57 bits per heavy atom. The van der Waals surface area contributed by atoms with Crippen molar-refractivity contribution in [1.82, 2.24) is 20.0 Å². The number of likely N-dealkylation sites (N-methyl/N-ethyl adjacent to an activating group) is 4. The average Bonchev–Trinajstić information content (AvgIpc) is 2.50. The highest BCUT2D eigenvalue weighted by Crippen LogP contribution is 1.86. The Morgan fingerprint density at radius 2 is 1.30 bits per heavy atom. The first-order chi connectivity index (χ1) is 10.8. The third-order valence-electron chi connectivity index (χ3n) is 2.73. The quantitative estimate of drug-likeness (QED) is 0.436. The van der Waals surface area contributed by atoms with Crippen LogP contribution in [0, 0.1) is 0 Å². The van der Waals surface area contributed by atoms with Gasteiger partial charge in [0.25, 0.3) is 0 Å². The van der Waals surface area contributed by atoms with Gasteiger partial charge in [-0.05, 0) is 55.1 Å². The van der Waals surface area contributed by atoms with E-state index in [-0.39, 0.29) is 0 Å². The van der Waals surface area contributed by atoms with Crippen LogP contribution in [0.2, 0.25) is 0 Å². The molecule has 0 aromatic carbocycles. The molecule has 144 valence electrons. The molecule has 0 aliphatic rings. The lowest BCUT2D eigenvalue weighted by atomic mass is 10.4. The van der Waals surface area contributed by atoms with E-state index in [4.69, 9.17) is 10.2 Å². The molecule has 7 heteroatoms. The summed E-state index contributed by atoms with van der Waals surface area (Å²) in [7, 11) is 12.3. The summed E-state index contributed by atoms with van der Waals surface area (Å²) in [4.78, 5) is 6.54. The van der Waals surface area contributed by atoms with Crippen molar-refractivity contribution < 1.29 is 10.2 Å². The Labute approximate surface area is 153 Å². The van der Waals surface area contributed by atoms with Gasteiger partial charge in [0.05, 0.1) is 0 Å². The molecule has 0 unspecified atom stereocenters. The molecule has 6 nitrogen and oxygen atoms in total. The van der Waals surface area contributed by atoms with Crippen molar-refractivity contribution >= 4 is 15.9 Å². The second-order valence-electron chi connectivity index (χ2n) is 5.86. The number of halogens is 1. The van der Waals surface area contributed by atoms with Crippen molar-refractivity contribution in [2.45, 2.75) is 12.8 Å². The van der Waals surface area contributed by atoms with E-state index in [1.807, 2.05) is 7.05 Å². The molecule has 0 aromatic rings. The Hall–Kier alpha value is 0.240. The second-order valence-corrected chi connectivity index (χ2v) is 6.65. The summed E-state index contributed by atoms with van der Waals surface area (Å²) in [6, 6.07) is 0. The van der Waals surface area contributed by atoms with Crippen LogP contribution in [0.25, 0.3) is 0 Å². The zero-order chi connectivity index (χ0) is 18.5. The van der Waals surface area contributed by atoms with Crippen LogP contribution in [0.4, 0.5) is 0 Å². The fourth-order valence-electron chi connectivity index (χ4n) is 1.22. The van der Waals surface area contributed by atoms with Crippen molar-refractivity contribution in [2.24, 2.45) is 0 Å². The van der Waals surface area contributed by atoms with Gasteiger partial charge in [0.2, 0.25) is 0 Å². The van der Waals surface area contributed by atoms with E-state index in [1.54, 1.807) is 0 Å². The standard InChI is InChI=1S/C8H20N2O.C5H14N2.C3H7BrO/c1-9(2)6-7-10(3)5-4-8-11;1-6-4-5-7(2)3;4-2-1-3-5/h11H,4-8H2,1-3H3;6H,4-5H2,1-3H3;5H,1-3H2. The van der Waals surface area contributed by atoms with Crippen molar-refractivity contribution in [3.05, 3.63) is 0 Å². The molecule has 3 N–H and O–H groups in total. The minimum absolute atomic E-state index is 0.297. The third kappa shape index (κ3) is 39.2. The van der Waals surface area contributed by atoms with Crippen LogP contribution in [-0.2, 0) is 0 Å². The number of nitrogens with one attached hydrogen (secondary N) is 1. The molecule has 0 saturated carbocycles. The number of nitrogens with zero attached hydrogens (tertiary/aromatic N) is 3. The lowest BCUT2D eigenvalue weighted by molar-refractivity contribution is 0.234. The average molecular weight is 401 g/mol. The van der Waals surface area contributed by atoms with E-state index in [0.717, 1.165) is 50.9 Å². The largest absolute Gasteiger partial charge is 0.396 e. The van der Waals surface area contributed by atoms with Crippen molar-refractivity contribution in [3.8, 4) is 0 Å². The van der Waals surface area contributed by atoms with Crippen LogP contribution >= 0.6 is 15.9 Å². The number of rotatable bonds is 11. The first-order valence-electron chi connectivity index (χ1n) is 8.25. The van der Waals surface area contributed by atoms with Gasteiger partial charge in [0.1, 0.15) is 0 Å². The predicted molar refractivity (Wildman–Crippen MR) is 106 cm³/mol. The molecule has 0 aromatic heterocycles. The summed E-state index contributed by atoms with van der Waals surface area (Å²) >= 11 is 3.15. The topological polar surface area (TPSA) is 62.2 Å². The summed E-state index contributed by atoms with van der Waals surface area (Å²) < 4.78 is 0. The maximum absolute atomic E-state index is 8.56. The predicted octanol–water partition coefficient (Wildman–Crippen LogP) is 0.393. The van der Waals surface area contributed by atoms with E-state index in [1.165, 1.54) is 0 Å². The molecule has 0 amide bonds. The van der Waals surface area contributed by atoms with Crippen LogP contribution < -0.4 is 5.32 Å². The Balaban J connectivity index is -0.000000286. The summed E-state index contributed by atoms with van der Waals surface area (Å²) in [6.45, 7) is 5.94. The van der Waals surface area contributed by atoms with Gasteiger partial charge < -0.3 is 30.2 Å². The van der Waals surface area contributed by atoms with Gasteiger partial charge in [-0.2, -0.15) is 0 Å². The number of alkyl halides is 1. The summed E-state index contributed by atoms with van der Waals surface area (Å²) in [5.74, 6) is 0. The van der Waals surface area contributed by atoms with Crippen LogP contribution in [-0.4, -0.2) is 118 Å². The molecular weight excluding hydrogens is 360 g/mol. The molecular formula is C16H41BrN4O2. The van der Waals surface area contributed by atoms with Gasteiger partial charge in [0.15, 0.2) is 0 Å². The smallest absolute Gasteiger partial charge is 0.0443 e. The Bertz CT molecular complexity index is 197. The molecule has 0 saturated heterocycles. The highest BCUT2D eigenvalue weighted by Gasteiger charge is 1.97. The van der Waals surface area contributed by atoms with E-state index < -0.39 is 0 Å². The van der Waals surface area contributed by atoms with Gasteiger partial charge >= 0.3 is 0 Å². The molecule has 0 spiro atoms. The molecule has 23 heavy (non-hydrogen) atoms. The third-order valence-corrected chi connectivity index (χ3v) is 3.29. The lowest BCUT2D eigenvalue weighted by Crippen LogP contribution is -2.29. The minimum Gasteiger partial charge on any atom is -0.396 e. The van der Waals surface area contributed by atoms with Crippen LogP contribution in [0.5, 0.6) is 0 Å². The van der Waals surface area contributed by atoms with Crippen molar-refractivity contribution in [3.63, 3.8) is 0 Å². The summed E-state index contributed by atoms with van der Waals surface area (Å²) in [5.41, 5.74) is 0. The molecule has 0 aliphatic heterocycles. The second kappa shape index (κ2) is 24.5. The fraction of sp³-hybridized carbons (Fsp3) is 1.00. The van der Waals surface area contributed by atoms with Gasteiger partial charge in [-0.3, -0.25) is 0 Å². The minimum atomic E-state index is 0.297. The maximum Gasteiger partial charge on any atom is 0.0443 e. The van der Waals surface area contributed by atoms with Gasteiger partial charge in [-0.15, -0.1) is 0 Å². The normalized spacial score (nSPS) is 10.4. The molecule has 0 atom stereocenters. The zero-order valence-corrected chi connectivity index (χ0v) is 17.8. The highest BCUT2D eigenvalue weighted by atomic mass is 79.9. The van der Waals surface area contributed by atoms with Crippen LogP contribution in [0.1, 0.15) is 12.8 Å². The number of aliphatic hydroxyl groups is 2. The number of hydrogen-bond donors (Lipinski definition) is 3. The van der Waals surface area contributed by atoms with E-state index in [2.05, 4.69) is 71.2 Å². The first-order valence-corrected chi connectivity index (χ1v) is 9.38. The molecule has 0 rings (SSSR count). The van der Waals surface area contributed by atoms with Crippen LogP contribution in [0.3, 0.4) is 0 Å². The van der Waals surface area contributed by atoms with Gasteiger partial charge in [0, 0.05) is 51.3 Å². The first kappa shape index (κ1) is 28.1. The van der Waals surface area contributed by atoms with Gasteiger partial charge in [-0.1, -0.05) is 15.9 Å². The fourth-order valence-corrected chi connectivity index (χ4v) is 1.47. The van der Waals surface area contributed by atoms with Crippen molar-refractivity contribution in [2.75, 3.05) is 93.6 Å². The summed E-state index contributed by atoms with van der Waals surface area (Å²) in [6.07, 6.45) is 1.74. The molecule has 0 radical (unpaired) electrons. The van der Waals surface area contributed by atoms with Crippen molar-refractivity contribution in [1.29, 1.82) is 0 Å². The highest BCUT2D eigenvalue weighted by molar-refractivity contribution is 9.09. The Kier molecular flexibility index (Phi) is 29.9. The SMILES string of the molecule is CN(C)CCN(C)CCCO.CNCCN(C)C.OCCCBr. The number of hydrogen-bond acceptors (Lipinski definition) is 6. The molecule has 0 heterocycles. The monoisotopic (exact) mass is 400 g/mol. The zero-order valence-electron chi connectivity index (χ0n) is 16.2. The van der Waals surface area contributed by atoms with E-state index >= 15 is 0 Å². The van der Waals surface area contributed by atoms with Crippen LogP contribution in [0.15, 0.2) is 0 Å². The van der Waals surface area contributed by atoms with E-state index in [0.29, 0.717) is 13.2 Å². The number of aliphatic hydroxyl groups excluding tert-OH is 2. The Morgan fingerprint density at radius 1 is 0.783 bits per heavy atom. The molecule has 0 bridgehead atoms. The lowest BCUT2D eigenvalue weighted by Gasteiger charge is -2.18.